The zero-order chi connectivity index (χ0) is 13.9. The fraction of sp³-hybridized carbons (Fsp3) is 0.267. The minimum absolute atomic E-state index is 0.168. The number of halogens is 2. The Morgan fingerprint density at radius 3 is 3.10 bits per heavy atom. The maximum atomic E-state index is 13.4. The third-order valence-electron chi connectivity index (χ3n) is 3.31. The maximum Gasteiger partial charge on any atom is 0.123 e. The van der Waals surface area contributed by atoms with Gasteiger partial charge in [-0.25, -0.2) is 9.37 Å². The summed E-state index contributed by atoms with van der Waals surface area (Å²) in [6.45, 7) is 0.685. The monoisotopic (exact) mass is 352 g/mol. The molecule has 0 saturated heterocycles. The predicted octanol–water partition coefficient (Wildman–Crippen LogP) is 4.31. The van der Waals surface area contributed by atoms with Gasteiger partial charge in [0.25, 0.3) is 0 Å². The first kappa shape index (κ1) is 14.0. The Balaban J connectivity index is 1.75. The van der Waals surface area contributed by atoms with Gasteiger partial charge in [0.1, 0.15) is 10.4 Å². The first-order valence-electron chi connectivity index (χ1n) is 6.49. The van der Waals surface area contributed by atoms with E-state index in [4.69, 9.17) is 0 Å². The number of hydrogen-bond donors (Lipinski definition) is 1. The van der Waals surface area contributed by atoms with Crippen LogP contribution in [-0.4, -0.2) is 10.7 Å². The predicted molar refractivity (Wildman–Crippen MR) is 83.3 cm³/mol. The molecular weight excluding hydrogens is 339 g/mol. The summed E-state index contributed by atoms with van der Waals surface area (Å²) >= 11 is 5.17. The molecule has 0 fully saturated rings. The Kier molecular flexibility index (Phi) is 4.38. The molecule has 0 amide bonds. The highest BCUT2D eigenvalue weighted by Crippen LogP contribution is 2.36. The molecule has 1 atom stereocenters. The Bertz CT molecular complexity index is 621. The van der Waals surface area contributed by atoms with Crippen LogP contribution >= 0.6 is 27.7 Å². The van der Waals surface area contributed by atoms with Crippen LogP contribution in [0.5, 0.6) is 0 Å². The van der Waals surface area contributed by atoms with Gasteiger partial charge in [0.15, 0.2) is 0 Å². The smallest absolute Gasteiger partial charge is 0.123 e. The summed E-state index contributed by atoms with van der Waals surface area (Å²) in [5.74, 6) is 0.890. The van der Waals surface area contributed by atoms with Crippen molar-refractivity contribution >= 4 is 27.7 Å². The minimum atomic E-state index is -0.168. The van der Waals surface area contributed by atoms with Crippen molar-refractivity contribution in [3.8, 4) is 0 Å². The van der Waals surface area contributed by atoms with Gasteiger partial charge in [-0.15, -0.1) is 11.8 Å². The number of aromatic nitrogens is 1. The normalized spacial score (nSPS) is 17.8. The molecule has 20 heavy (non-hydrogen) atoms. The molecule has 5 heteroatoms. The molecule has 1 aromatic carbocycles. The molecule has 2 heterocycles. The van der Waals surface area contributed by atoms with Gasteiger partial charge in [-0.2, -0.15) is 0 Å². The molecule has 1 aliphatic rings. The fourth-order valence-corrected chi connectivity index (χ4v) is 3.84. The quantitative estimate of drug-likeness (QED) is 0.833. The lowest BCUT2D eigenvalue weighted by molar-refractivity contribution is 0.500. The Hall–Kier alpha value is -0.910. The average molecular weight is 353 g/mol. The van der Waals surface area contributed by atoms with E-state index in [2.05, 4.69) is 26.2 Å². The minimum Gasteiger partial charge on any atom is -0.304 e. The number of rotatable bonds is 3. The van der Waals surface area contributed by atoms with Gasteiger partial charge in [-0.1, -0.05) is 6.07 Å². The van der Waals surface area contributed by atoms with Crippen LogP contribution < -0.4 is 5.32 Å². The summed E-state index contributed by atoms with van der Waals surface area (Å²) < 4.78 is 14.3. The van der Waals surface area contributed by atoms with Crippen molar-refractivity contribution in [1.82, 2.24) is 10.3 Å². The standard InChI is InChI=1S/C15H14BrFN2S/c16-15-3-1-2-11(19-15)9-18-13-6-7-20-14-5-4-10(17)8-12(13)14/h1-5,8,13,18H,6-7,9H2. The van der Waals surface area contributed by atoms with Crippen molar-refractivity contribution in [3.05, 3.63) is 58.1 Å². The van der Waals surface area contributed by atoms with Gasteiger partial charge < -0.3 is 5.32 Å². The van der Waals surface area contributed by atoms with Crippen LogP contribution in [0.25, 0.3) is 0 Å². The summed E-state index contributed by atoms with van der Waals surface area (Å²) in [5.41, 5.74) is 2.05. The van der Waals surface area contributed by atoms with Gasteiger partial charge in [0, 0.05) is 17.5 Å². The number of nitrogens with zero attached hydrogens (tertiary/aromatic N) is 1. The SMILES string of the molecule is Fc1ccc2c(c1)C(NCc1cccc(Br)n1)CCS2. The van der Waals surface area contributed by atoms with Gasteiger partial charge in [0.2, 0.25) is 0 Å². The molecule has 2 aromatic rings. The summed E-state index contributed by atoms with van der Waals surface area (Å²) in [7, 11) is 0. The molecular formula is C15H14BrFN2S. The number of fused-ring (bicyclic) bond motifs is 1. The molecule has 0 saturated carbocycles. The Morgan fingerprint density at radius 1 is 1.35 bits per heavy atom. The zero-order valence-electron chi connectivity index (χ0n) is 10.8. The largest absolute Gasteiger partial charge is 0.304 e. The number of benzene rings is 1. The zero-order valence-corrected chi connectivity index (χ0v) is 13.2. The molecule has 0 spiro atoms. The van der Waals surface area contributed by atoms with Crippen molar-refractivity contribution in [3.63, 3.8) is 0 Å². The van der Waals surface area contributed by atoms with E-state index in [0.717, 1.165) is 28.0 Å². The van der Waals surface area contributed by atoms with Gasteiger partial charge in [-0.3, -0.25) is 0 Å². The third kappa shape index (κ3) is 3.22. The van der Waals surface area contributed by atoms with Gasteiger partial charge in [0.05, 0.1) is 5.69 Å². The van der Waals surface area contributed by atoms with E-state index in [1.165, 1.54) is 11.0 Å². The lowest BCUT2D eigenvalue weighted by atomic mass is 10.0. The number of hydrogen-bond acceptors (Lipinski definition) is 3. The van der Waals surface area contributed by atoms with E-state index in [-0.39, 0.29) is 11.9 Å². The first-order chi connectivity index (χ1) is 9.72. The molecule has 1 aliphatic heterocycles. The van der Waals surface area contributed by atoms with Crippen molar-refractivity contribution in [2.75, 3.05) is 5.75 Å². The van der Waals surface area contributed by atoms with Crippen molar-refractivity contribution in [2.45, 2.75) is 23.9 Å². The summed E-state index contributed by atoms with van der Waals surface area (Å²) in [5, 5.41) is 3.49. The molecule has 1 aromatic heterocycles. The maximum absolute atomic E-state index is 13.4. The first-order valence-corrected chi connectivity index (χ1v) is 8.27. The molecule has 1 N–H and O–H groups in total. The second-order valence-corrected chi connectivity index (χ2v) is 6.65. The van der Waals surface area contributed by atoms with E-state index in [9.17, 15) is 4.39 Å². The molecule has 104 valence electrons. The topological polar surface area (TPSA) is 24.9 Å². The highest BCUT2D eigenvalue weighted by molar-refractivity contribution is 9.10. The van der Waals surface area contributed by atoms with Gasteiger partial charge >= 0.3 is 0 Å². The van der Waals surface area contributed by atoms with Crippen molar-refractivity contribution in [2.24, 2.45) is 0 Å². The lowest BCUT2D eigenvalue weighted by Gasteiger charge is -2.26. The van der Waals surface area contributed by atoms with Crippen LogP contribution in [-0.2, 0) is 6.54 Å². The number of pyridine rings is 1. The fourth-order valence-electron chi connectivity index (χ4n) is 2.35. The molecule has 0 radical (unpaired) electrons. The van der Waals surface area contributed by atoms with Gasteiger partial charge in [-0.05, 0) is 64.0 Å². The third-order valence-corrected chi connectivity index (χ3v) is 4.88. The van der Waals surface area contributed by atoms with Crippen LogP contribution in [0, 0.1) is 5.82 Å². The Labute approximate surface area is 130 Å². The van der Waals surface area contributed by atoms with Crippen LogP contribution in [0.15, 0.2) is 45.9 Å². The molecule has 0 bridgehead atoms. The molecule has 3 rings (SSSR count). The van der Waals surface area contributed by atoms with E-state index in [0.29, 0.717) is 6.54 Å². The van der Waals surface area contributed by atoms with Crippen LogP contribution in [0.1, 0.15) is 23.7 Å². The number of thioether (sulfide) groups is 1. The van der Waals surface area contributed by atoms with E-state index in [1.54, 1.807) is 17.8 Å². The molecule has 2 nitrogen and oxygen atoms in total. The highest BCUT2D eigenvalue weighted by Gasteiger charge is 2.20. The average Bonchev–Trinajstić information content (AvgIpc) is 2.45. The van der Waals surface area contributed by atoms with Crippen LogP contribution in [0.2, 0.25) is 0 Å². The second kappa shape index (κ2) is 6.24. The van der Waals surface area contributed by atoms with E-state index >= 15 is 0 Å². The number of nitrogens with one attached hydrogen (secondary N) is 1. The van der Waals surface area contributed by atoms with Crippen LogP contribution in [0.4, 0.5) is 4.39 Å². The second-order valence-electron chi connectivity index (χ2n) is 4.70. The molecule has 1 unspecified atom stereocenters. The van der Waals surface area contributed by atoms with E-state index < -0.39 is 0 Å². The summed E-state index contributed by atoms with van der Waals surface area (Å²) in [6.07, 6.45) is 1.01. The Morgan fingerprint density at radius 2 is 2.25 bits per heavy atom. The summed E-state index contributed by atoms with van der Waals surface area (Å²) in [6, 6.07) is 11.1. The lowest BCUT2D eigenvalue weighted by Crippen LogP contribution is -2.24. The highest BCUT2D eigenvalue weighted by atomic mass is 79.9. The van der Waals surface area contributed by atoms with Crippen LogP contribution in [0.3, 0.4) is 0 Å². The van der Waals surface area contributed by atoms with Crippen molar-refractivity contribution in [1.29, 1.82) is 0 Å². The summed E-state index contributed by atoms with van der Waals surface area (Å²) in [4.78, 5) is 5.58. The molecule has 0 aliphatic carbocycles. The van der Waals surface area contributed by atoms with E-state index in [1.807, 2.05) is 24.3 Å². The van der Waals surface area contributed by atoms with Crippen molar-refractivity contribution < 1.29 is 4.39 Å².